The van der Waals surface area contributed by atoms with E-state index in [2.05, 4.69) is 12.1 Å². The molecular weight excluding hydrogens is 204 g/mol. The molecule has 1 heterocycles. The summed E-state index contributed by atoms with van der Waals surface area (Å²) in [6, 6.07) is 10.1. The van der Waals surface area contributed by atoms with Crippen molar-refractivity contribution in [2.24, 2.45) is 0 Å². The zero-order valence-corrected chi connectivity index (χ0v) is 9.02. The number of hydrogen-bond acceptors (Lipinski definition) is 3. The maximum Gasteiger partial charge on any atom is 0.314 e. The number of rotatable bonds is 4. The summed E-state index contributed by atoms with van der Waals surface area (Å²) in [5, 5.41) is 0. The summed E-state index contributed by atoms with van der Waals surface area (Å²) in [6.07, 6.45) is 1.89. The molecule has 1 aliphatic heterocycles. The molecule has 1 aromatic carbocycles. The standard InChI is InChI=1S/C13H14O3/c14-11-9-13(15)16-12(11)8-4-7-10-5-2-1-3-6-10/h1-3,5-6,12H,4,7-9H2. The van der Waals surface area contributed by atoms with Gasteiger partial charge in [0.15, 0.2) is 11.9 Å². The summed E-state index contributed by atoms with van der Waals surface area (Å²) in [5.41, 5.74) is 1.25. The van der Waals surface area contributed by atoms with Gasteiger partial charge in [-0.15, -0.1) is 0 Å². The molecule has 3 nitrogen and oxygen atoms in total. The molecule has 1 aliphatic rings. The second-order valence-corrected chi connectivity index (χ2v) is 4.00. The third kappa shape index (κ3) is 2.69. The zero-order valence-electron chi connectivity index (χ0n) is 9.02. The lowest BCUT2D eigenvalue weighted by Crippen LogP contribution is -2.15. The molecule has 0 aliphatic carbocycles. The minimum absolute atomic E-state index is 0.0456. The van der Waals surface area contributed by atoms with E-state index in [0.717, 1.165) is 12.8 Å². The van der Waals surface area contributed by atoms with E-state index in [1.54, 1.807) is 0 Å². The van der Waals surface area contributed by atoms with Crippen LogP contribution in [-0.4, -0.2) is 17.9 Å². The first kappa shape index (κ1) is 10.9. The Balaban J connectivity index is 1.76. The Morgan fingerprint density at radius 2 is 1.94 bits per heavy atom. The van der Waals surface area contributed by atoms with Gasteiger partial charge in [-0.3, -0.25) is 9.59 Å². The first-order chi connectivity index (χ1) is 7.75. The molecule has 0 aromatic heterocycles. The Kier molecular flexibility index (Phi) is 3.34. The maximum atomic E-state index is 11.3. The number of hydrogen-bond donors (Lipinski definition) is 0. The molecule has 1 aromatic rings. The predicted molar refractivity (Wildman–Crippen MR) is 58.9 cm³/mol. The number of ether oxygens (including phenoxy) is 1. The average molecular weight is 218 g/mol. The number of Topliss-reactive ketones (excluding diaryl/α,β-unsaturated/α-hetero) is 1. The van der Waals surface area contributed by atoms with Crippen molar-refractivity contribution in [1.82, 2.24) is 0 Å². The van der Waals surface area contributed by atoms with E-state index in [4.69, 9.17) is 4.74 Å². The number of aryl methyl sites for hydroxylation is 1. The third-order valence-corrected chi connectivity index (χ3v) is 2.73. The van der Waals surface area contributed by atoms with E-state index < -0.39 is 6.10 Å². The highest BCUT2D eigenvalue weighted by molar-refractivity contribution is 6.03. The molecule has 0 spiro atoms. The van der Waals surface area contributed by atoms with Gasteiger partial charge < -0.3 is 4.74 Å². The molecule has 2 rings (SSSR count). The van der Waals surface area contributed by atoms with Crippen LogP contribution in [0.25, 0.3) is 0 Å². The number of benzene rings is 1. The Labute approximate surface area is 94.4 Å². The lowest BCUT2D eigenvalue weighted by Gasteiger charge is -2.07. The van der Waals surface area contributed by atoms with Crippen LogP contribution in [0.4, 0.5) is 0 Å². The molecular formula is C13H14O3. The summed E-state index contributed by atoms with van der Waals surface area (Å²) in [5.74, 6) is -0.451. The SMILES string of the molecule is O=C1CC(=O)C(CCCc2ccccc2)O1. The fourth-order valence-electron chi connectivity index (χ4n) is 1.88. The van der Waals surface area contributed by atoms with E-state index in [1.165, 1.54) is 5.56 Å². The van der Waals surface area contributed by atoms with Crippen molar-refractivity contribution in [3.63, 3.8) is 0 Å². The molecule has 0 saturated carbocycles. The first-order valence-corrected chi connectivity index (χ1v) is 5.52. The highest BCUT2D eigenvalue weighted by atomic mass is 16.6. The van der Waals surface area contributed by atoms with Gasteiger partial charge in [0.1, 0.15) is 6.42 Å². The van der Waals surface area contributed by atoms with E-state index in [0.29, 0.717) is 6.42 Å². The van der Waals surface area contributed by atoms with Crippen molar-refractivity contribution >= 4 is 11.8 Å². The minimum atomic E-state index is -0.490. The molecule has 0 bridgehead atoms. The van der Waals surface area contributed by atoms with Crippen LogP contribution in [-0.2, 0) is 20.7 Å². The third-order valence-electron chi connectivity index (χ3n) is 2.73. The van der Waals surface area contributed by atoms with Crippen molar-refractivity contribution in [3.05, 3.63) is 35.9 Å². The zero-order chi connectivity index (χ0) is 11.4. The molecule has 1 atom stereocenters. The van der Waals surface area contributed by atoms with Gasteiger partial charge in [0.2, 0.25) is 0 Å². The Morgan fingerprint density at radius 1 is 1.19 bits per heavy atom. The minimum Gasteiger partial charge on any atom is -0.454 e. The number of esters is 1. The molecule has 0 amide bonds. The number of carbonyl (C=O) groups excluding carboxylic acids is 2. The highest BCUT2D eigenvalue weighted by Crippen LogP contribution is 2.16. The van der Waals surface area contributed by atoms with Crippen LogP contribution < -0.4 is 0 Å². The van der Waals surface area contributed by atoms with Crippen molar-refractivity contribution in [1.29, 1.82) is 0 Å². The summed E-state index contributed by atoms with van der Waals surface area (Å²) in [4.78, 5) is 22.1. The van der Waals surface area contributed by atoms with Crippen molar-refractivity contribution in [2.75, 3.05) is 0 Å². The van der Waals surface area contributed by atoms with Gasteiger partial charge in [0, 0.05) is 0 Å². The molecule has 1 fully saturated rings. The van der Waals surface area contributed by atoms with Crippen LogP contribution in [0.2, 0.25) is 0 Å². The van der Waals surface area contributed by atoms with E-state index in [9.17, 15) is 9.59 Å². The normalized spacial score (nSPS) is 19.9. The number of cyclic esters (lactones) is 1. The Bertz CT molecular complexity index is 383. The number of carbonyl (C=O) groups is 2. The Hall–Kier alpha value is -1.64. The van der Waals surface area contributed by atoms with Gasteiger partial charge in [-0.1, -0.05) is 30.3 Å². The maximum absolute atomic E-state index is 11.3. The smallest absolute Gasteiger partial charge is 0.314 e. The van der Waals surface area contributed by atoms with E-state index >= 15 is 0 Å². The molecule has 0 radical (unpaired) electrons. The van der Waals surface area contributed by atoms with Gasteiger partial charge in [-0.05, 0) is 24.8 Å². The average Bonchev–Trinajstić information content (AvgIpc) is 2.59. The van der Waals surface area contributed by atoms with Gasteiger partial charge >= 0.3 is 5.97 Å². The topological polar surface area (TPSA) is 43.4 Å². The predicted octanol–water partition coefficient (Wildman–Crippen LogP) is 1.89. The van der Waals surface area contributed by atoms with Crippen LogP contribution in [0, 0.1) is 0 Å². The summed E-state index contributed by atoms with van der Waals surface area (Å²) >= 11 is 0. The largest absolute Gasteiger partial charge is 0.454 e. The summed E-state index contributed by atoms with van der Waals surface area (Å²) < 4.78 is 4.92. The van der Waals surface area contributed by atoms with Gasteiger partial charge in [0.25, 0.3) is 0 Å². The lowest BCUT2D eigenvalue weighted by atomic mass is 10.0. The fraction of sp³-hybridized carbons (Fsp3) is 0.385. The first-order valence-electron chi connectivity index (χ1n) is 5.52. The molecule has 16 heavy (non-hydrogen) atoms. The van der Waals surface area contributed by atoms with Gasteiger partial charge in [-0.25, -0.2) is 0 Å². The molecule has 0 N–H and O–H groups in total. The van der Waals surface area contributed by atoms with Crippen LogP contribution in [0.15, 0.2) is 30.3 Å². The second-order valence-electron chi connectivity index (χ2n) is 4.00. The molecule has 1 unspecified atom stereocenters. The molecule has 3 heteroatoms. The van der Waals surface area contributed by atoms with Gasteiger partial charge in [-0.2, -0.15) is 0 Å². The van der Waals surface area contributed by atoms with Gasteiger partial charge in [0.05, 0.1) is 0 Å². The summed E-state index contributed by atoms with van der Waals surface area (Å²) in [7, 11) is 0. The molecule has 84 valence electrons. The van der Waals surface area contributed by atoms with E-state index in [1.807, 2.05) is 18.2 Å². The monoisotopic (exact) mass is 218 g/mol. The number of ketones is 1. The van der Waals surface area contributed by atoms with E-state index in [-0.39, 0.29) is 18.2 Å². The van der Waals surface area contributed by atoms with Crippen LogP contribution >= 0.6 is 0 Å². The molecule has 1 saturated heterocycles. The van der Waals surface area contributed by atoms with Crippen LogP contribution in [0.1, 0.15) is 24.8 Å². The van der Waals surface area contributed by atoms with Crippen LogP contribution in [0.3, 0.4) is 0 Å². The van der Waals surface area contributed by atoms with Crippen molar-refractivity contribution in [3.8, 4) is 0 Å². The second kappa shape index (κ2) is 4.92. The Morgan fingerprint density at radius 3 is 2.56 bits per heavy atom. The van der Waals surface area contributed by atoms with Crippen LogP contribution in [0.5, 0.6) is 0 Å². The lowest BCUT2D eigenvalue weighted by molar-refractivity contribution is -0.142. The highest BCUT2D eigenvalue weighted by Gasteiger charge is 2.31. The summed E-state index contributed by atoms with van der Waals surface area (Å²) in [6.45, 7) is 0. The van der Waals surface area contributed by atoms with Crippen molar-refractivity contribution in [2.45, 2.75) is 31.8 Å². The fourth-order valence-corrected chi connectivity index (χ4v) is 1.88. The quantitative estimate of drug-likeness (QED) is 0.572. The van der Waals surface area contributed by atoms with Crippen molar-refractivity contribution < 1.29 is 14.3 Å².